The zero-order valence-corrected chi connectivity index (χ0v) is 17.7. The fourth-order valence-electron chi connectivity index (χ4n) is 3.79. The highest BCUT2D eigenvalue weighted by molar-refractivity contribution is 5.79. The number of nitrogens with one attached hydrogen (secondary N) is 1. The topological polar surface area (TPSA) is 39.0 Å². The van der Waals surface area contributed by atoms with E-state index in [2.05, 4.69) is 99.3 Å². The molecule has 0 amide bonds. The normalized spacial score (nSPS) is 16.9. The Labute approximate surface area is 169 Å². The summed E-state index contributed by atoms with van der Waals surface area (Å²) in [5.74, 6) is 0.941. The molecule has 6 heteroatoms. The summed E-state index contributed by atoms with van der Waals surface area (Å²) in [5.41, 5.74) is 2.60. The summed E-state index contributed by atoms with van der Waals surface area (Å²) in [5, 5.41) is 3.55. The van der Waals surface area contributed by atoms with Crippen molar-refractivity contribution in [3.05, 3.63) is 54.4 Å². The van der Waals surface area contributed by atoms with E-state index < -0.39 is 0 Å². The highest BCUT2D eigenvalue weighted by Gasteiger charge is 2.21. The highest BCUT2D eigenvalue weighted by Crippen LogP contribution is 2.16. The van der Waals surface area contributed by atoms with Gasteiger partial charge in [-0.2, -0.15) is 0 Å². The molecule has 28 heavy (non-hydrogen) atoms. The monoisotopic (exact) mass is 382 g/mol. The van der Waals surface area contributed by atoms with Crippen molar-refractivity contribution in [3.63, 3.8) is 0 Å². The summed E-state index contributed by atoms with van der Waals surface area (Å²) >= 11 is 0. The molecule has 0 radical (unpaired) electrons. The molecule has 1 fully saturated rings. The first-order chi connectivity index (χ1) is 13.6. The average molecular weight is 383 g/mol. The standard InChI is InChI=1S/C22H34N6/c1-19(27-13-15-28(16-14-27)20-9-6-5-7-10-20)17-24-22(23-2)26(4)18-21-11-8-12-25(21)3/h5-12,19H,13-18H2,1-4H3,(H,23,24). The Hall–Kier alpha value is -2.47. The third-order valence-corrected chi connectivity index (χ3v) is 5.64. The quantitative estimate of drug-likeness (QED) is 0.614. The number of guanidine groups is 1. The number of aryl methyl sites for hydroxylation is 1. The van der Waals surface area contributed by atoms with E-state index in [4.69, 9.17) is 0 Å². The lowest BCUT2D eigenvalue weighted by atomic mass is 10.2. The van der Waals surface area contributed by atoms with Crippen LogP contribution in [0.4, 0.5) is 5.69 Å². The van der Waals surface area contributed by atoms with E-state index in [9.17, 15) is 0 Å². The van der Waals surface area contributed by atoms with Gasteiger partial charge in [-0.3, -0.25) is 9.89 Å². The van der Waals surface area contributed by atoms with Gasteiger partial charge in [-0.15, -0.1) is 0 Å². The number of nitrogens with zero attached hydrogens (tertiary/aromatic N) is 5. The number of rotatable bonds is 6. The molecule has 1 aromatic heterocycles. The molecule has 3 rings (SSSR count). The minimum atomic E-state index is 0.470. The Morgan fingerprint density at radius 2 is 1.82 bits per heavy atom. The van der Waals surface area contributed by atoms with E-state index in [1.165, 1.54) is 11.4 Å². The molecule has 2 heterocycles. The van der Waals surface area contributed by atoms with Crippen LogP contribution < -0.4 is 10.2 Å². The van der Waals surface area contributed by atoms with Crippen LogP contribution in [0.15, 0.2) is 53.7 Å². The van der Waals surface area contributed by atoms with Crippen LogP contribution in [0.2, 0.25) is 0 Å². The lowest BCUT2D eigenvalue weighted by molar-refractivity contribution is 0.196. The number of hydrogen-bond acceptors (Lipinski definition) is 3. The second-order valence-corrected chi connectivity index (χ2v) is 7.60. The fourth-order valence-corrected chi connectivity index (χ4v) is 3.79. The van der Waals surface area contributed by atoms with Crippen molar-refractivity contribution in [1.82, 2.24) is 19.7 Å². The van der Waals surface area contributed by atoms with Crippen LogP contribution in [0.3, 0.4) is 0 Å². The summed E-state index contributed by atoms with van der Waals surface area (Å²) in [6.45, 7) is 8.39. The highest BCUT2D eigenvalue weighted by atomic mass is 15.3. The van der Waals surface area contributed by atoms with E-state index in [0.29, 0.717) is 6.04 Å². The second-order valence-electron chi connectivity index (χ2n) is 7.60. The van der Waals surface area contributed by atoms with Gasteiger partial charge < -0.3 is 19.7 Å². The van der Waals surface area contributed by atoms with Gasteiger partial charge in [0.15, 0.2) is 5.96 Å². The van der Waals surface area contributed by atoms with Crippen molar-refractivity contribution in [2.45, 2.75) is 19.5 Å². The Morgan fingerprint density at radius 1 is 1.11 bits per heavy atom. The minimum Gasteiger partial charge on any atom is -0.369 e. The molecule has 1 N–H and O–H groups in total. The van der Waals surface area contributed by atoms with Gasteiger partial charge in [0.25, 0.3) is 0 Å². The van der Waals surface area contributed by atoms with Crippen LogP contribution in [0.5, 0.6) is 0 Å². The van der Waals surface area contributed by atoms with Crippen molar-refractivity contribution in [2.75, 3.05) is 51.7 Å². The smallest absolute Gasteiger partial charge is 0.193 e. The van der Waals surface area contributed by atoms with Gasteiger partial charge >= 0.3 is 0 Å². The number of anilines is 1. The van der Waals surface area contributed by atoms with Gasteiger partial charge in [0.1, 0.15) is 0 Å². The van der Waals surface area contributed by atoms with Crippen molar-refractivity contribution >= 4 is 11.6 Å². The average Bonchev–Trinajstić information content (AvgIpc) is 3.13. The first-order valence-electron chi connectivity index (χ1n) is 10.1. The molecule has 6 nitrogen and oxygen atoms in total. The summed E-state index contributed by atoms with van der Waals surface area (Å²) in [6, 6.07) is 15.4. The van der Waals surface area contributed by atoms with E-state index in [1.807, 2.05) is 7.05 Å². The van der Waals surface area contributed by atoms with Gasteiger partial charge in [-0.25, -0.2) is 0 Å². The zero-order valence-electron chi connectivity index (χ0n) is 17.7. The van der Waals surface area contributed by atoms with Crippen LogP contribution in [0, 0.1) is 0 Å². The van der Waals surface area contributed by atoms with E-state index in [0.717, 1.165) is 45.2 Å². The van der Waals surface area contributed by atoms with Crippen molar-refractivity contribution < 1.29 is 0 Å². The predicted octanol–water partition coefficient (Wildman–Crippen LogP) is 2.24. The maximum Gasteiger partial charge on any atom is 0.193 e. The van der Waals surface area contributed by atoms with Gasteiger partial charge in [0.2, 0.25) is 0 Å². The second kappa shape index (κ2) is 9.64. The fraction of sp³-hybridized carbons (Fsp3) is 0.500. The molecule has 0 bridgehead atoms. The first kappa shape index (κ1) is 20.3. The number of para-hydroxylation sites is 1. The van der Waals surface area contributed by atoms with Gasteiger partial charge in [0.05, 0.1) is 6.54 Å². The van der Waals surface area contributed by atoms with Gasteiger partial charge in [-0.05, 0) is 31.2 Å². The molecule has 1 unspecified atom stereocenters. The number of aromatic nitrogens is 1. The van der Waals surface area contributed by atoms with Crippen molar-refractivity contribution in [3.8, 4) is 0 Å². The largest absolute Gasteiger partial charge is 0.369 e. The lowest BCUT2D eigenvalue weighted by Gasteiger charge is -2.39. The van der Waals surface area contributed by atoms with Crippen LogP contribution in [0.1, 0.15) is 12.6 Å². The summed E-state index contributed by atoms with van der Waals surface area (Å²) in [4.78, 5) is 11.7. The summed E-state index contributed by atoms with van der Waals surface area (Å²) in [7, 11) is 6.02. The third kappa shape index (κ3) is 5.07. The molecule has 1 aromatic carbocycles. The predicted molar refractivity (Wildman–Crippen MR) is 118 cm³/mol. The maximum atomic E-state index is 4.46. The van der Waals surface area contributed by atoms with Crippen LogP contribution >= 0.6 is 0 Å². The van der Waals surface area contributed by atoms with Crippen LogP contribution in [0.25, 0.3) is 0 Å². The molecule has 1 saturated heterocycles. The molecule has 0 saturated carbocycles. The molecule has 1 atom stereocenters. The Balaban J connectivity index is 1.45. The molecular weight excluding hydrogens is 348 g/mol. The molecular formula is C22H34N6. The molecule has 2 aromatic rings. The van der Waals surface area contributed by atoms with Crippen LogP contribution in [-0.2, 0) is 13.6 Å². The Bertz CT molecular complexity index is 745. The van der Waals surface area contributed by atoms with Crippen molar-refractivity contribution in [2.24, 2.45) is 12.0 Å². The number of aliphatic imine (C=N–C) groups is 1. The lowest BCUT2D eigenvalue weighted by Crippen LogP contribution is -2.53. The molecule has 1 aliphatic heterocycles. The first-order valence-corrected chi connectivity index (χ1v) is 10.1. The molecule has 1 aliphatic rings. The Morgan fingerprint density at radius 3 is 2.43 bits per heavy atom. The zero-order chi connectivity index (χ0) is 19.9. The number of hydrogen-bond donors (Lipinski definition) is 1. The Kier molecular flexibility index (Phi) is 6.98. The summed E-state index contributed by atoms with van der Waals surface area (Å²) < 4.78 is 2.15. The molecule has 0 aliphatic carbocycles. The summed E-state index contributed by atoms with van der Waals surface area (Å²) in [6.07, 6.45) is 2.08. The third-order valence-electron chi connectivity index (χ3n) is 5.64. The van der Waals surface area contributed by atoms with Gasteiger partial charge in [0, 0.05) is 77.5 Å². The SMILES string of the molecule is CN=C(NCC(C)N1CCN(c2ccccc2)CC1)N(C)Cc1cccn1C. The maximum absolute atomic E-state index is 4.46. The van der Waals surface area contributed by atoms with Gasteiger partial charge in [-0.1, -0.05) is 18.2 Å². The number of piperazine rings is 1. The van der Waals surface area contributed by atoms with E-state index >= 15 is 0 Å². The molecule has 0 spiro atoms. The minimum absolute atomic E-state index is 0.470. The molecule has 152 valence electrons. The van der Waals surface area contributed by atoms with E-state index in [-0.39, 0.29) is 0 Å². The van der Waals surface area contributed by atoms with E-state index in [1.54, 1.807) is 0 Å². The van der Waals surface area contributed by atoms with Crippen LogP contribution in [-0.4, -0.2) is 73.2 Å². The van der Waals surface area contributed by atoms with Crippen molar-refractivity contribution in [1.29, 1.82) is 0 Å². The number of benzene rings is 1.